The van der Waals surface area contributed by atoms with Gasteiger partial charge in [0, 0.05) is 29.5 Å². The number of hydrogen-bond donors (Lipinski definition) is 8. The summed E-state index contributed by atoms with van der Waals surface area (Å²) in [6.45, 7) is 1.50. The summed E-state index contributed by atoms with van der Waals surface area (Å²) in [7, 11) is 0. The molecule has 0 bridgehead atoms. The molecule has 13 heteroatoms. The van der Waals surface area contributed by atoms with Gasteiger partial charge in [-0.05, 0) is 42.3 Å². The van der Waals surface area contributed by atoms with Crippen LogP contribution in [0.15, 0.2) is 42.5 Å². The van der Waals surface area contributed by atoms with Crippen molar-refractivity contribution in [3.05, 3.63) is 64.7 Å². The molecule has 13 nitrogen and oxygen atoms in total. The van der Waals surface area contributed by atoms with Gasteiger partial charge in [-0.2, -0.15) is 0 Å². The number of phenols is 5. The first kappa shape index (κ1) is 28.8. The van der Waals surface area contributed by atoms with E-state index in [-0.39, 0.29) is 47.2 Å². The van der Waals surface area contributed by atoms with E-state index in [1.54, 1.807) is 0 Å². The minimum atomic E-state index is -1.63. The highest BCUT2D eigenvalue weighted by Crippen LogP contribution is 2.53. The summed E-state index contributed by atoms with van der Waals surface area (Å²) in [5, 5.41) is 82.3. The van der Waals surface area contributed by atoms with Crippen molar-refractivity contribution in [1.82, 2.24) is 0 Å². The van der Waals surface area contributed by atoms with E-state index >= 15 is 0 Å². The molecule has 3 heterocycles. The first-order valence-electron chi connectivity index (χ1n) is 13.6. The molecule has 8 atom stereocenters. The van der Waals surface area contributed by atoms with E-state index in [0.717, 1.165) is 0 Å². The molecule has 0 amide bonds. The van der Waals surface area contributed by atoms with Gasteiger partial charge in [-0.3, -0.25) is 4.79 Å². The fourth-order valence-corrected chi connectivity index (χ4v) is 5.83. The molecule has 0 aliphatic carbocycles. The Morgan fingerprint density at radius 3 is 2.09 bits per heavy atom. The standard InChI is InChI=1S/C30H30O13/c1-11-25(37)26(38)27(39)30(40-11)42-22-8-15-18(33)10-21-24(29(15)43-28(22)13-3-5-17(32)20(35)7-13)14(9-23(36)41-21)12-2-4-16(31)19(34)6-12/h2-7,10-11,14,22,25-28,30-35,37-39H,8-9H2,1H3/t11?,14-,22+,25?,26?,27?,28-,30?/m1/s1. The minimum absolute atomic E-state index is 0.0220. The molecular formula is C30H30O13. The Balaban J connectivity index is 1.46. The zero-order valence-corrected chi connectivity index (χ0v) is 22.7. The first-order chi connectivity index (χ1) is 20.4. The molecule has 3 aromatic carbocycles. The highest BCUT2D eigenvalue weighted by molar-refractivity contribution is 5.80. The van der Waals surface area contributed by atoms with Crippen molar-refractivity contribution in [2.24, 2.45) is 0 Å². The zero-order valence-electron chi connectivity index (χ0n) is 22.7. The molecule has 1 fully saturated rings. The number of rotatable bonds is 4. The molecule has 8 N–H and O–H groups in total. The summed E-state index contributed by atoms with van der Waals surface area (Å²) in [4.78, 5) is 12.6. The molecule has 43 heavy (non-hydrogen) atoms. The first-order valence-corrected chi connectivity index (χ1v) is 13.6. The Bertz CT molecular complexity index is 1570. The van der Waals surface area contributed by atoms with Gasteiger partial charge < -0.3 is 59.8 Å². The van der Waals surface area contributed by atoms with Gasteiger partial charge in [0.05, 0.1) is 12.5 Å². The van der Waals surface area contributed by atoms with Gasteiger partial charge in [-0.25, -0.2) is 0 Å². The highest BCUT2D eigenvalue weighted by Gasteiger charge is 2.47. The smallest absolute Gasteiger partial charge is 0.312 e. The average molecular weight is 599 g/mol. The van der Waals surface area contributed by atoms with E-state index < -0.39 is 66.3 Å². The van der Waals surface area contributed by atoms with Crippen molar-refractivity contribution in [2.75, 3.05) is 0 Å². The highest BCUT2D eigenvalue weighted by atomic mass is 16.7. The minimum Gasteiger partial charge on any atom is -0.507 e. The number of aliphatic hydroxyl groups is 3. The van der Waals surface area contributed by atoms with E-state index in [1.807, 2.05) is 0 Å². The van der Waals surface area contributed by atoms with Crippen molar-refractivity contribution in [1.29, 1.82) is 0 Å². The number of carbonyl (C=O) groups is 1. The lowest BCUT2D eigenvalue weighted by molar-refractivity contribution is -0.310. The van der Waals surface area contributed by atoms with Crippen molar-refractivity contribution in [2.45, 2.75) is 68.6 Å². The van der Waals surface area contributed by atoms with E-state index in [2.05, 4.69) is 0 Å². The van der Waals surface area contributed by atoms with Crippen LogP contribution in [-0.4, -0.2) is 83.6 Å². The van der Waals surface area contributed by atoms with Crippen molar-refractivity contribution < 1.29 is 64.6 Å². The normalized spacial score (nSPS) is 30.1. The van der Waals surface area contributed by atoms with Gasteiger partial charge in [0.15, 0.2) is 35.4 Å². The van der Waals surface area contributed by atoms with Crippen molar-refractivity contribution >= 4 is 5.97 Å². The Morgan fingerprint density at radius 2 is 1.42 bits per heavy atom. The van der Waals surface area contributed by atoms with Gasteiger partial charge >= 0.3 is 5.97 Å². The van der Waals surface area contributed by atoms with E-state index in [1.165, 1.54) is 49.4 Å². The van der Waals surface area contributed by atoms with Gasteiger partial charge in [-0.15, -0.1) is 0 Å². The lowest BCUT2D eigenvalue weighted by Crippen LogP contribution is -2.58. The lowest BCUT2D eigenvalue weighted by Gasteiger charge is -2.43. The molecule has 5 unspecified atom stereocenters. The number of hydrogen-bond acceptors (Lipinski definition) is 13. The molecule has 3 aliphatic heterocycles. The van der Waals surface area contributed by atoms with Gasteiger partial charge in [0.25, 0.3) is 0 Å². The zero-order chi connectivity index (χ0) is 30.7. The number of fused-ring (bicyclic) bond motifs is 3. The number of ether oxygens (including phenoxy) is 4. The lowest BCUT2D eigenvalue weighted by atomic mass is 9.82. The number of aromatic hydroxyl groups is 5. The van der Waals surface area contributed by atoms with Crippen LogP contribution in [0.5, 0.6) is 40.2 Å². The van der Waals surface area contributed by atoms with Gasteiger partial charge in [0.1, 0.15) is 41.7 Å². The summed E-state index contributed by atoms with van der Waals surface area (Å²) in [5.41, 5.74) is 1.42. The molecule has 228 valence electrons. The molecule has 0 radical (unpaired) electrons. The maximum Gasteiger partial charge on any atom is 0.312 e. The van der Waals surface area contributed by atoms with Crippen molar-refractivity contribution in [3.63, 3.8) is 0 Å². The second-order valence-corrected chi connectivity index (χ2v) is 10.9. The van der Waals surface area contributed by atoms with Gasteiger partial charge in [0.2, 0.25) is 0 Å². The summed E-state index contributed by atoms with van der Waals surface area (Å²) in [6, 6.07) is 9.38. The van der Waals surface area contributed by atoms with Crippen molar-refractivity contribution in [3.8, 4) is 40.2 Å². The largest absolute Gasteiger partial charge is 0.507 e. The fraction of sp³-hybridized carbons (Fsp3) is 0.367. The van der Waals surface area contributed by atoms with Crippen LogP contribution >= 0.6 is 0 Å². The molecule has 3 aliphatic rings. The Hall–Kier alpha value is -4.27. The van der Waals surface area contributed by atoms with Crippen LogP contribution in [-0.2, 0) is 20.7 Å². The maximum absolute atomic E-state index is 12.6. The van der Waals surface area contributed by atoms with E-state index in [4.69, 9.17) is 18.9 Å². The maximum atomic E-state index is 12.6. The summed E-state index contributed by atoms with van der Waals surface area (Å²) >= 11 is 0. The predicted molar refractivity (Wildman–Crippen MR) is 144 cm³/mol. The number of esters is 1. The molecule has 0 saturated carbocycles. The third-order valence-corrected chi connectivity index (χ3v) is 8.14. The van der Waals surface area contributed by atoms with Crippen LogP contribution in [0.3, 0.4) is 0 Å². The monoisotopic (exact) mass is 598 g/mol. The third-order valence-electron chi connectivity index (χ3n) is 8.14. The fourth-order valence-electron chi connectivity index (χ4n) is 5.83. The van der Waals surface area contributed by atoms with Crippen LogP contribution in [0.2, 0.25) is 0 Å². The second kappa shape index (κ2) is 10.8. The molecule has 6 rings (SSSR count). The summed E-state index contributed by atoms with van der Waals surface area (Å²) < 4.78 is 23.7. The van der Waals surface area contributed by atoms with Crippen LogP contribution in [0, 0.1) is 0 Å². The number of phenolic OH excluding ortho intramolecular Hbond substituents is 5. The molecule has 3 aromatic rings. The quantitative estimate of drug-likeness (QED) is 0.122. The number of aliphatic hydroxyl groups excluding tert-OH is 3. The summed E-state index contributed by atoms with van der Waals surface area (Å²) in [6.07, 6.45) is -9.16. The van der Waals surface area contributed by atoms with E-state index in [0.29, 0.717) is 16.7 Å². The van der Waals surface area contributed by atoms with E-state index in [9.17, 15) is 45.6 Å². The van der Waals surface area contributed by atoms with Crippen LogP contribution in [0.25, 0.3) is 0 Å². The molecule has 0 spiro atoms. The molecular weight excluding hydrogens is 568 g/mol. The Labute approximate surface area is 244 Å². The van der Waals surface area contributed by atoms with Crippen LogP contribution in [0.4, 0.5) is 0 Å². The SMILES string of the molecule is CC1OC(O[C@H]2Cc3c(O)cc4c(c3O[C@@H]2c2ccc(O)c(O)c2)[C@@H](c2ccc(O)c(O)c2)CC(=O)O4)C(O)C(O)C1O. The third kappa shape index (κ3) is 5.04. The summed E-state index contributed by atoms with van der Waals surface area (Å²) in [5.74, 6) is -3.02. The van der Waals surface area contributed by atoms with Gasteiger partial charge in [-0.1, -0.05) is 12.1 Å². The molecule has 0 aromatic heterocycles. The topological polar surface area (TPSA) is 216 Å². The Kier molecular flexibility index (Phi) is 7.22. The Morgan fingerprint density at radius 1 is 0.767 bits per heavy atom. The number of carbonyl (C=O) groups excluding carboxylic acids is 1. The number of benzene rings is 3. The molecule has 1 saturated heterocycles. The van der Waals surface area contributed by atoms with Crippen LogP contribution in [0.1, 0.15) is 47.6 Å². The van der Waals surface area contributed by atoms with Crippen LogP contribution < -0.4 is 9.47 Å². The predicted octanol–water partition coefficient (Wildman–Crippen LogP) is 1.54. The second-order valence-electron chi connectivity index (χ2n) is 10.9. The average Bonchev–Trinajstić information content (AvgIpc) is 2.97.